The smallest absolute Gasteiger partial charge is 0.241 e. The topological polar surface area (TPSA) is 69.7 Å². The Morgan fingerprint density at radius 2 is 1.80 bits per heavy atom. The van der Waals surface area contributed by atoms with Gasteiger partial charge in [-0.25, -0.2) is 8.42 Å². The average Bonchev–Trinajstić information content (AvgIpc) is 3.23. The molecule has 2 aromatic carbocycles. The highest BCUT2D eigenvalue weighted by atomic mass is 35.5. The Labute approximate surface area is 183 Å². The lowest BCUT2D eigenvalue weighted by Gasteiger charge is -2.25. The summed E-state index contributed by atoms with van der Waals surface area (Å²) in [7, 11) is -3.66. The van der Waals surface area contributed by atoms with Crippen LogP contribution in [0.1, 0.15) is 36.9 Å². The summed E-state index contributed by atoms with van der Waals surface area (Å²) in [4.78, 5) is 15.0. The first-order chi connectivity index (χ1) is 14.2. The van der Waals surface area contributed by atoms with Crippen molar-refractivity contribution in [3.05, 3.63) is 58.6 Å². The third-order valence-corrected chi connectivity index (χ3v) is 6.97. The van der Waals surface area contributed by atoms with Crippen LogP contribution < -0.4 is 14.5 Å². The van der Waals surface area contributed by atoms with Gasteiger partial charge in [0.25, 0.3) is 0 Å². The fourth-order valence-corrected chi connectivity index (χ4v) is 4.77. The molecule has 0 saturated carbocycles. The third-order valence-electron chi connectivity index (χ3n) is 5.44. The Morgan fingerprint density at radius 1 is 1.17 bits per heavy atom. The summed E-state index contributed by atoms with van der Waals surface area (Å²) in [6.45, 7) is 5.47. The molecule has 1 unspecified atom stereocenters. The Morgan fingerprint density at radius 3 is 2.40 bits per heavy atom. The van der Waals surface area contributed by atoms with E-state index >= 15 is 0 Å². The van der Waals surface area contributed by atoms with Gasteiger partial charge in [-0.1, -0.05) is 29.8 Å². The van der Waals surface area contributed by atoms with Gasteiger partial charge in [0.1, 0.15) is 6.54 Å². The molecule has 1 aliphatic heterocycles. The summed E-state index contributed by atoms with van der Waals surface area (Å²) in [6, 6.07) is 12.9. The number of hydrogen-bond acceptors (Lipinski definition) is 4. The van der Waals surface area contributed by atoms with Gasteiger partial charge < -0.3 is 10.2 Å². The van der Waals surface area contributed by atoms with E-state index in [2.05, 4.69) is 22.3 Å². The maximum Gasteiger partial charge on any atom is 0.241 e. The molecule has 0 radical (unpaired) electrons. The number of nitrogens with one attached hydrogen (secondary N) is 1. The SMILES string of the molecule is Cc1c(Cl)cccc1N(CC(=O)NC(C)c1ccc(N2CCCC2)cc1)S(C)(=O)=O. The van der Waals surface area contributed by atoms with Crippen LogP contribution in [0.15, 0.2) is 42.5 Å². The fraction of sp³-hybridized carbons (Fsp3) is 0.409. The number of benzene rings is 2. The number of sulfonamides is 1. The molecule has 0 spiro atoms. The summed E-state index contributed by atoms with van der Waals surface area (Å²) in [5.74, 6) is -0.379. The molecule has 0 bridgehead atoms. The van der Waals surface area contributed by atoms with Crippen LogP contribution in [0.25, 0.3) is 0 Å². The second-order valence-corrected chi connectivity index (χ2v) is 10.0. The van der Waals surface area contributed by atoms with Crippen molar-refractivity contribution >= 4 is 38.9 Å². The van der Waals surface area contributed by atoms with Crippen LogP contribution >= 0.6 is 11.6 Å². The monoisotopic (exact) mass is 449 g/mol. The van der Waals surface area contributed by atoms with Crippen LogP contribution in [0.5, 0.6) is 0 Å². The van der Waals surface area contributed by atoms with Gasteiger partial charge in [0.05, 0.1) is 18.0 Å². The number of amides is 1. The van der Waals surface area contributed by atoms with Gasteiger partial charge in [0.2, 0.25) is 15.9 Å². The molecule has 1 aliphatic rings. The molecule has 3 rings (SSSR count). The van der Waals surface area contributed by atoms with E-state index in [1.54, 1.807) is 25.1 Å². The van der Waals surface area contributed by atoms with Crippen LogP contribution in [-0.2, 0) is 14.8 Å². The lowest BCUT2D eigenvalue weighted by atomic mass is 10.1. The number of hydrogen-bond donors (Lipinski definition) is 1. The summed E-state index contributed by atoms with van der Waals surface area (Å²) in [5.41, 5.74) is 3.18. The molecule has 8 heteroatoms. The minimum atomic E-state index is -3.66. The summed E-state index contributed by atoms with van der Waals surface area (Å²) in [6.07, 6.45) is 3.52. The molecule has 0 aromatic heterocycles. The molecule has 1 fully saturated rings. The van der Waals surface area contributed by atoms with Crippen LogP contribution in [-0.4, -0.2) is 40.2 Å². The second kappa shape index (κ2) is 9.27. The predicted octanol–water partition coefficient (Wildman–Crippen LogP) is 3.89. The van der Waals surface area contributed by atoms with Crippen molar-refractivity contribution in [2.75, 3.05) is 35.1 Å². The van der Waals surface area contributed by atoms with Crippen molar-refractivity contribution in [2.45, 2.75) is 32.7 Å². The van der Waals surface area contributed by atoms with Gasteiger partial charge in [-0.3, -0.25) is 9.10 Å². The van der Waals surface area contributed by atoms with Crippen molar-refractivity contribution in [1.29, 1.82) is 0 Å². The average molecular weight is 450 g/mol. The predicted molar refractivity (Wildman–Crippen MR) is 123 cm³/mol. The van der Waals surface area contributed by atoms with E-state index in [9.17, 15) is 13.2 Å². The van der Waals surface area contributed by atoms with Gasteiger partial charge >= 0.3 is 0 Å². The zero-order chi connectivity index (χ0) is 21.9. The zero-order valence-electron chi connectivity index (χ0n) is 17.6. The first-order valence-corrected chi connectivity index (χ1v) is 12.3. The molecule has 6 nitrogen and oxygen atoms in total. The van der Waals surface area contributed by atoms with Gasteiger partial charge in [-0.2, -0.15) is 0 Å². The van der Waals surface area contributed by atoms with Crippen LogP contribution in [0.3, 0.4) is 0 Å². The number of carbonyl (C=O) groups is 1. The molecule has 1 saturated heterocycles. The van der Waals surface area contributed by atoms with Gasteiger partial charge in [-0.15, -0.1) is 0 Å². The Bertz CT molecular complexity index is 1000. The van der Waals surface area contributed by atoms with Crippen molar-refractivity contribution < 1.29 is 13.2 Å². The molecule has 162 valence electrons. The van der Waals surface area contributed by atoms with E-state index in [0.29, 0.717) is 16.3 Å². The first kappa shape index (κ1) is 22.4. The van der Waals surface area contributed by atoms with E-state index in [4.69, 9.17) is 11.6 Å². The fourth-order valence-electron chi connectivity index (χ4n) is 3.70. The molecular weight excluding hydrogens is 422 g/mol. The summed E-state index contributed by atoms with van der Waals surface area (Å²) >= 11 is 6.14. The van der Waals surface area contributed by atoms with E-state index < -0.39 is 10.0 Å². The van der Waals surface area contributed by atoms with Crippen molar-refractivity contribution in [3.8, 4) is 0 Å². The Hall–Kier alpha value is -2.25. The Balaban J connectivity index is 1.70. The normalized spacial score (nSPS) is 15.1. The lowest BCUT2D eigenvalue weighted by Crippen LogP contribution is -2.41. The van der Waals surface area contributed by atoms with Gasteiger partial charge in [0.15, 0.2) is 0 Å². The number of carbonyl (C=O) groups excluding carboxylic acids is 1. The quantitative estimate of drug-likeness (QED) is 0.696. The van der Waals surface area contributed by atoms with Gasteiger partial charge in [0, 0.05) is 23.8 Å². The first-order valence-electron chi connectivity index (χ1n) is 10.0. The standard InChI is InChI=1S/C22H28ClN3O3S/c1-16-20(23)7-6-8-21(16)26(30(3,28)29)15-22(27)24-17(2)18-9-11-19(12-10-18)25-13-4-5-14-25/h6-12,17H,4-5,13-15H2,1-3H3,(H,24,27). The molecule has 30 heavy (non-hydrogen) atoms. The van der Waals surface area contributed by atoms with Gasteiger partial charge in [-0.05, 0) is 62.1 Å². The highest BCUT2D eigenvalue weighted by Gasteiger charge is 2.24. The van der Waals surface area contributed by atoms with Crippen LogP contribution in [0, 0.1) is 6.92 Å². The lowest BCUT2D eigenvalue weighted by molar-refractivity contribution is -0.120. The van der Waals surface area contributed by atoms with E-state index in [1.165, 1.54) is 18.5 Å². The third kappa shape index (κ3) is 5.26. The van der Waals surface area contributed by atoms with Crippen molar-refractivity contribution in [3.63, 3.8) is 0 Å². The maximum atomic E-state index is 12.7. The minimum Gasteiger partial charge on any atom is -0.372 e. The highest BCUT2D eigenvalue weighted by Crippen LogP contribution is 2.28. The van der Waals surface area contributed by atoms with E-state index in [1.807, 2.05) is 19.1 Å². The molecule has 1 heterocycles. The minimum absolute atomic E-state index is 0.244. The molecule has 0 aliphatic carbocycles. The number of anilines is 2. The zero-order valence-corrected chi connectivity index (χ0v) is 19.1. The number of rotatable bonds is 7. The van der Waals surface area contributed by atoms with Crippen molar-refractivity contribution in [1.82, 2.24) is 5.32 Å². The second-order valence-electron chi connectivity index (χ2n) is 7.73. The maximum absolute atomic E-state index is 12.7. The molecular formula is C22H28ClN3O3S. The molecule has 2 aromatic rings. The largest absolute Gasteiger partial charge is 0.372 e. The number of halogens is 1. The molecule has 1 atom stereocenters. The Kier molecular flexibility index (Phi) is 6.93. The summed E-state index contributed by atoms with van der Waals surface area (Å²) in [5, 5.41) is 3.35. The van der Waals surface area contributed by atoms with Crippen LogP contribution in [0.2, 0.25) is 5.02 Å². The van der Waals surface area contributed by atoms with Crippen LogP contribution in [0.4, 0.5) is 11.4 Å². The molecule has 1 N–H and O–H groups in total. The molecule has 1 amide bonds. The number of nitrogens with zero attached hydrogens (tertiary/aromatic N) is 2. The van der Waals surface area contributed by atoms with Crippen molar-refractivity contribution in [2.24, 2.45) is 0 Å². The van der Waals surface area contributed by atoms with E-state index in [0.717, 1.165) is 29.2 Å². The summed E-state index contributed by atoms with van der Waals surface area (Å²) < 4.78 is 25.8. The van der Waals surface area contributed by atoms with E-state index in [-0.39, 0.29) is 18.5 Å². The highest BCUT2D eigenvalue weighted by molar-refractivity contribution is 7.92.